The van der Waals surface area contributed by atoms with Crippen LogP contribution in [0, 0.1) is 11.8 Å². The van der Waals surface area contributed by atoms with Crippen LogP contribution in [0.4, 0.5) is 0 Å². The molecule has 1 rings (SSSR count). The predicted molar refractivity (Wildman–Crippen MR) is 63.2 cm³/mol. The largest absolute Gasteiger partial charge is 0.466 e. The third kappa shape index (κ3) is 3.58. The summed E-state index contributed by atoms with van der Waals surface area (Å²) < 4.78 is 10.0. The molecule has 96 valence electrons. The number of carbonyl (C=O) groups excluding carboxylic acids is 2. The van der Waals surface area contributed by atoms with E-state index in [0.29, 0.717) is 26.1 Å². The second-order valence-electron chi connectivity index (χ2n) is 4.21. The molecule has 0 aromatic carbocycles. The van der Waals surface area contributed by atoms with Crippen LogP contribution in [0.1, 0.15) is 33.6 Å². The fourth-order valence-electron chi connectivity index (χ4n) is 2.07. The van der Waals surface area contributed by atoms with Crippen LogP contribution in [0.25, 0.3) is 0 Å². The van der Waals surface area contributed by atoms with E-state index < -0.39 is 5.92 Å². The third-order valence-corrected chi connectivity index (χ3v) is 2.93. The van der Waals surface area contributed by atoms with Crippen molar-refractivity contribution < 1.29 is 19.1 Å². The summed E-state index contributed by atoms with van der Waals surface area (Å²) in [7, 11) is 0. The van der Waals surface area contributed by atoms with Gasteiger partial charge in [0.15, 0.2) is 0 Å². The van der Waals surface area contributed by atoms with E-state index in [4.69, 9.17) is 9.47 Å². The van der Waals surface area contributed by atoms with Crippen LogP contribution in [-0.2, 0) is 19.1 Å². The fraction of sp³-hybridized carbons (Fsp3) is 0.692. The molecule has 0 spiro atoms. The summed E-state index contributed by atoms with van der Waals surface area (Å²) in [6.45, 7) is 6.18. The minimum atomic E-state index is -0.391. The molecule has 0 unspecified atom stereocenters. The van der Waals surface area contributed by atoms with Gasteiger partial charge in [-0.1, -0.05) is 11.6 Å². The Bertz CT molecular complexity index is 319. The summed E-state index contributed by atoms with van der Waals surface area (Å²) >= 11 is 0. The zero-order valence-corrected chi connectivity index (χ0v) is 10.7. The first-order valence-electron chi connectivity index (χ1n) is 6.09. The van der Waals surface area contributed by atoms with Crippen molar-refractivity contribution in [1.82, 2.24) is 0 Å². The lowest BCUT2D eigenvalue weighted by atomic mass is 9.80. The molecule has 0 amide bonds. The van der Waals surface area contributed by atoms with Gasteiger partial charge >= 0.3 is 11.9 Å². The first-order chi connectivity index (χ1) is 8.10. The molecule has 0 radical (unpaired) electrons. The predicted octanol–water partition coefficient (Wildman–Crippen LogP) is 2.09. The summed E-state index contributed by atoms with van der Waals surface area (Å²) in [5.41, 5.74) is 1.13. The Morgan fingerprint density at radius 3 is 2.24 bits per heavy atom. The van der Waals surface area contributed by atoms with Crippen LogP contribution < -0.4 is 0 Å². The van der Waals surface area contributed by atoms with E-state index in [2.05, 4.69) is 0 Å². The molecule has 0 N–H and O–H groups in total. The lowest BCUT2D eigenvalue weighted by molar-refractivity contribution is -0.160. The van der Waals surface area contributed by atoms with Crippen LogP contribution in [0.3, 0.4) is 0 Å². The van der Waals surface area contributed by atoms with Crippen molar-refractivity contribution in [3.05, 3.63) is 11.6 Å². The normalized spacial score (nSPS) is 23.8. The van der Waals surface area contributed by atoms with Gasteiger partial charge < -0.3 is 9.47 Å². The fourth-order valence-corrected chi connectivity index (χ4v) is 2.07. The Labute approximate surface area is 102 Å². The minimum absolute atomic E-state index is 0.294. The van der Waals surface area contributed by atoms with Gasteiger partial charge in [0.05, 0.1) is 25.0 Å². The highest BCUT2D eigenvalue weighted by Gasteiger charge is 2.37. The molecule has 1 aliphatic carbocycles. The molecule has 17 heavy (non-hydrogen) atoms. The minimum Gasteiger partial charge on any atom is -0.466 e. The zero-order valence-electron chi connectivity index (χ0n) is 10.7. The van der Waals surface area contributed by atoms with Crippen molar-refractivity contribution >= 4 is 11.9 Å². The van der Waals surface area contributed by atoms with Gasteiger partial charge in [-0.05, 0) is 33.6 Å². The highest BCUT2D eigenvalue weighted by molar-refractivity contribution is 5.83. The van der Waals surface area contributed by atoms with E-state index in [0.717, 1.165) is 5.57 Å². The van der Waals surface area contributed by atoms with E-state index in [1.807, 2.05) is 13.0 Å². The number of ether oxygens (including phenoxy) is 2. The van der Waals surface area contributed by atoms with Crippen LogP contribution in [0.15, 0.2) is 11.6 Å². The van der Waals surface area contributed by atoms with Gasteiger partial charge in [0.1, 0.15) is 0 Å². The van der Waals surface area contributed by atoms with Gasteiger partial charge in [0.25, 0.3) is 0 Å². The van der Waals surface area contributed by atoms with Gasteiger partial charge in [0.2, 0.25) is 0 Å². The molecular weight excluding hydrogens is 220 g/mol. The Kier molecular flexibility index (Phi) is 5.19. The number of allylic oxidation sites excluding steroid dienone is 2. The molecule has 0 aromatic heterocycles. The van der Waals surface area contributed by atoms with Crippen molar-refractivity contribution in [2.75, 3.05) is 13.2 Å². The molecule has 0 bridgehead atoms. The Morgan fingerprint density at radius 1 is 1.18 bits per heavy atom. The average molecular weight is 240 g/mol. The SMILES string of the molecule is CCOC(=O)[C@H]1CC(C)=CC[C@H]1C(=O)OCC. The van der Waals surface area contributed by atoms with Crippen LogP contribution >= 0.6 is 0 Å². The molecule has 4 nitrogen and oxygen atoms in total. The molecule has 4 heteroatoms. The highest BCUT2D eigenvalue weighted by atomic mass is 16.5. The summed E-state index contributed by atoms with van der Waals surface area (Å²) in [5.74, 6) is -1.37. The quantitative estimate of drug-likeness (QED) is 0.557. The zero-order chi connectivity index (χ0) is 12.8. The van der Waals surface area contributed by atoms with Crippen molar-refractivity contribution in [3.8, 4) is 0 Å². The number of hydrogen-bond donors (Lipinski definition) is 0. The maximum Gasteiger partial charge on any atom is 0.310 e. The number of carbonyl (C=O) groups is 2. The lowest BCUT2D eigenvalue weighted by Crippen LogP contribution is -2.34. The average Bonchev–Trinajstić information content (AvgIpc) is 2.29. The van der Waals surface area contributed by atoms with E-state index >= 15 is 0 Å². The summed E-state index contributed by atoms with van der Waals surface area (Å²) in [6, 6.07) is 0. The summed E-state index contributed by atoms with van der Waals surface area (Å²) in [6.07, 6.45) is 3.15. The second-order valence-corrected chi connectivity index (χ2v) is 4.21. The summed E-state index contributed by atoms with van der Waals surface area (Å²) in [4.78, 5) is 23.6. The molecule has 0 saturated heterocycles. The van der Waals surface area contributed by atoms with Crippen LogP contribution in [-0.4, -0.2) is 25.2 Å². The summed E-state index contributed by atoms with van der Waals surface area (Å²) in [5, 5.41) is 0. The van der Waals surface area contributed by atoms with Crippen LogP contribution in [0.2, 0.25) is 0 Å². The Hall–Kier alpha value is -1.32. The van der Waals surface area contributed by atoms with Gasteiger partial charge in [0, 0.05) is 0 Å². The topological polar surface area (TPSA) is 52.6 Å². The maximum absolute atomic E-state index is 11.8. The smallest absolute Gasteiger partial charge is 0.310 e. The van der Waals surface area contributed by atoms with Crippen LogP contribution in [0.5, 0.6) is 0 Å². The molecule has 0 aliphatic heterocycles. The molecule has 0 saturated carbocycles. The molecular formula is C13H20O4. The van der Waals surface area contributed by atoms with E-state index in [1.165, 1.54) is 0 Å². The molecule has 2 atom stereocenters. The molecule has 1 aliphatic rings. The number of esters is 2. The standard InChI is InChI=1S/C13H20O4/c1-4-16-12(14)10-7-6-9(3)8-11(10)13(15)17-5-2/h6,10-11H,4-5,7-8H2,1-3H3/t10-,11+/m1/s1. The first-order valence-corrected chi connectivity index (χ1v) is 6.09. The number of hydrogen-bond acceptors (Lipinski definition) is 4. The Morgan fingerprint density at radius 2 is 1.71 bits per heavy atom. The maximum atomic E-state index is 11.8. The molecule has 0 fully saturated rings. The number of rotatable bonds is 4. The van der Waals surface area contributed by atoms with E-state index in [-0.39, 0.29) is 17.9 Å². The monoisotopic (exact) mass is 240 g/mol. The van der Waals surface area contributed by atoms with E-state index in [9.17, 15) is 9.59 Å². The van der Waals surface area contributed by atoms with Gasteiger partial charge in [-0.15, -0.1) is 0 Å². The van der Waals surface area contributed by atoms with E-state index in [1.54, 1.807) is 13.8 Å². The van der Waals surface area contributed by atoms with Crippen molar-refractivity contribution in [2.24, 2.45) is 11.8 Å². The Balaban J connectivity index is 2.77. The molecule has 0 aromatic rings. The van der Waals surface area contributed by atoms with Crippen molar-refractivity contribution in [1.29, 1.82) is 0 Å². The highest BCUT2D eigenvalue weighted by Crippen LogP contribution is 2.31. The van der Waals surface area contributed by atoms with Crippen molar-refractivity contribution in [2.45, 2.75) is 33.6 Å². The second kappa shape index (κ2) is 6.42. The van der Waals surface area contributed by atoms with Gasteiger partial charge in [-0.2, -0.15) is 0 Å². The van der Waals surface area contributed by atoms with Gasteiger partial charge in [-0.25, -0.2) is 0 Å². The first kappa shape index (κ1) is 13.7. The van der Waals surface area contributed by atoms with Gasteiger partial charge in [-0.3, -0.25) is 9.59 Å². The molecule has 0 heterocycles. The van der Waals surface area contributed by atoms with Crippen molar-refractivity contribution in [3.63, 3.8) is 0 Å². The third-order valence-electron chi connectivity index (χ3n) is 2.93. The lowest BCUT2D eigenvalue weighted by Gasteiger charge is -2.27.